The van der Waals surface area contributed by atoms with Crippen LogP contribution in [0.2, 0.25) is 5.02 Å². The van der Waals surface area contributed by atoms with Crippen LogP contribution < -0.4 is 14.5 Å². The Labute approximate surface area is 256 Å². The number of anilines is 2. The third-order valence-corrected chi connectivity index (χ3v) is 9.14. The van der Waals surface area contributed by atoms with E-state index >= 15 is 0 Å². The van der Waals surface area contributed by atoms with Crippen molar-refractivity contribution in [1.82, 2.24) is 4.90 Å². The van der Waals surface area contributed by atoms with Gasteiger partial charge in [-0.25, -0.2) is 0 Å². The first-order valence-electron chi connectivity index (χ1n) is 14.9. The summed E-state index contributed by atoms with van der Waals surface area (Å²) in [5.74, 6) is -1.77. The number of hydrogen-bond donors (Lipinski definition) is 1. The summed E-state index contributed by atoms with van der Waals surface area (Å²) >= 11 is 6.53. The van der Waals surface area contributed by atoms with Gasteiger partial charge in [0.15, 0.2) is 0 Å². The molecule has 0 aromatic heterocycles. The van der Waals surface area contributed by atoms with Crippen LogP contribution in [0.25, 0.3) is 0 Å². The van der Waals surface area contributed by atoms with Crippen LogP contribution in [-0.2, 0) is 19.1 Å². The quantitative estimate of drug-likeness (QED) is 0.343. The maximum absolute atomic E-state index is 14.5. The molecule has 6 rings (SSSR count). The molecular formula is C33H36ClN3O6. The average molecular weight is 606 g/mol. The van der Waals surface area contributed by atoms with Crippen molar-refractivity contribution in [3.05, 3.63) is 77.9 Å². The van der Waals surface area contributed by atoms with Crippen molar-refractivity contribution in [2.24, 2.45) is 11.8 Å². The average Bonchev–Trinajstić information content (AvgIpc) is 3.31. The zero-order valence-corrected chi connectivity index (χ0v) is 24.9. The van der Waals surface area contributed by atoms with Crippen molar-refractivity contribution in [2.45, 2.75) is 43.9 Å². The number of para-hydroxylation sites is 1. The van der Waals surface area contributed by atoms with E-state index in [-0.39, 0.29) is 30.9 Å². The molecule has 2 fully saturated rings. The second-order valence-electron chi connectivity index (χ2n) is 11.3. The van der Waals surface area contributed by atoms with E-state index in [1.54, 1.807) is 32.9 Å². The molecule has 0 saturated carbocycles. The van der Waals surface area contributed by atoms with E-state index in [0.717, 1.165) is 0 Å². The topological polar surface area (TPSA) is 99.6 Å². The van der Waals surface area contributed by atoms with Gasteiger partial charge in [0.2, 0.25) is 11.8 Å². The second kappa shape index (κ2) is 12.1. The molecule has 1 N–H and O–H groups in total. The maximum atomic E-state index is 14.5. The number of carbonyl (C=O) groups is 3. The predicted molar refractivity (Wildman–Crippen MR) is 163 cm³/mol. The molecule has 4 aliphatic heterocycles. The van der Waals surface area contributed by atoms with Crippen molar-refractivity contribution in [3.8, 4) is 5.75 Å². The van der Waals surface area contributed by atoms with Crippen molar-refractivity contribution in [2.75, 3.05) is 42.6 Å². The molecule has 4 heterocycles. The molecule has 9 nitrogen and oxygen atoms in total. The molecule has 0 bridgehead atoms. The van der Waals surface area contributed by atoms with E-state index in [1.165, 1.54) is 0 Å². The van der Waals surface area contributed by atoms with Gasteiger partial charge < -0.3 is 29.3 Å². The van der Waals surface area contributed by atoms with Gasteiger partial charge >= 0.3 is 0 Å². The second-order valence-corrected chi connectivity index (χ2v) is 11.7. The molecule has 2 aromatic carbocycles. The summed E-state index contributed by atoms with van der Waals surface area (Å²) in [7, 11) is 0. The van der Waals surface area contributed by atoms with E-state index in [1.807, 2.05) is 61.6 Å². The fourth-order valence-corrected chi connectivity index (χ4v) is 7.19. The number of halogens is 1. The molecule has 0 radical (unpaired) electrons. The molecule has 2 aromatic rings. The number of benzene rings is 2. The number of carbonyl (C=O) groups excluding carboxylic acids is 3. The van der Waals surface area contributed by atoms with Crippen LogP contribution in [0, 0.1) is 11.8 Å². The van der Waals surface area contributed by atoms with E-state index in [4.69, 9.17) is 21.1 Å². The fourth-order valence-electron chi connectivity index (χ4n) is 6.96. The summed E-state index contributed by atoms with van der Waals surface area (Å²) in [6.07, 6.45) is 8.66. The zero-order valence-electron chi connectivity index (χ0n) is 24.1. The standard InChI is InChI=1S/C33H36ClN3O6/c1-2-42-23-15-13-22(14-16-23)35-19-8-12-26-27(30(35)39)28-31(40)37(18-6-3-7-21-38)29-32(41)36(20-9-17-33(28,29)43-26)25-11-5-4-10-24(25)34/h4-5,8-17,26-29,38H,2-3,6-7,18-21H2,1H3/t26-,27+,28+,29?,33+/m1/s1. The molecule has 2 saturated heterocycles. The molecule has 10 heteroatoms. The van der Waals surface area contributed by atoms with Gasteiger partial charge in [0.25, 0.3) is 5.91 Å². The van der Waals surface area contributed by atoms with Crippen LogP contribution in [0.4, 0.5) is 11.4 Å². The van der Waals surface area contributed by atoms with Crippen molar-refractivity contribution >= 4 is 40.7 Å². The van der Waals surface area contributed by atoms with E-state index in [2.05, 4.69) is 0 Å². The van der Waals surface area contributed by atoms with E-state index < -0.39 is 29.6 Å². The number of hydrogen-bond acceptors (Lipinski definition) is 6. The Morgan fingerprint density at radius 3 is 2.47 bits per heavy atom. The van der Waals surface area contributed by atoms with Gasteiger partial charge in [-0.1, -0.05) is 48.0 Å². The minimum atomic E-state index is -1.32. The van der Waals surface area contributed by atoms with Gasteiger partial charge in [0, 0.05) is 31.9 Å². The number of aliphatic hydroxyl groups is 1. The molecular weight excluding hydrogens is 570 g/mol. The Morgan fingerprint density at radius 1 is 0.953 bits per heavy atom. The number of aliphatic hydroxyl groups excluding tert-OH is 1. The molecule has 0 aliphatic carbocycles. The number of likely N-dealkylation sites (tertiary alicyclic amines) is 1. The number of ether oxygens (including phenoxy) is 2. The first kappa shape index (κ1) is 29.4. The third-order valence-electron chi connectivity index (χ3n) is 8.82. The largest absolute Gasteiger partial charge is 0.494 e. The Bertz CT molecular complexity index is 1440. The number of fused-ring (bicyclic) bond motifs is 2. The number of nitrogens with zero attached hydrogens (tertiary/aromatic N) is 3. The lowest BCUT2D eigenvalue weighted by Crippen LogP contribution is -2.55. The van der Waals surface area contributed by atoms with Crippen LogP contribution >= 0.6 is 11.6 Å². The summed E-state index contributed by atoms with van der Waals surface area (Å²) in [6.45, 7) is 3.40. The van der Waals surface area contributed by atoms with Crippen LogP contribution in [0.15, 0.2) is 72.8 Å². The van der Waals surface area contributed by atoms with Crippen LogP contribution in [0.1, 0.15) is 26.2 Å². The highest BCUT2D eigenvalue weighted by Gasteiger charge is 2.71. The molecule has 43 heavy (non-hydrogen) atoms. The number of unbranched alkanes of at least 4 members (excludes halogenated alkanes) is 2. The molecule has 1 unspecified atom stereocenters. The molecule has 1 spiro atoms. The highest BCUT2D eigenvalue weighted by molar-refractivity contribution is 6.34. The zero-order chi connectivity index (χ0) is 30.1. The first-order chi connectivity index (χ1) is 20.9. The Morgan fingerprint density at radius 2 is 1.72 bits per heavy atom. The van der Waals surface area contributed by atoms with Gasteiger partial charge in [0.05, 0.1) is 35.3 Å². The molecule has 226 valence electrons. The van der Waals surface area contributed by atoms with Crippen LogP contribution in [-0.4, -0.2) is 78.3 Å². The van der Waals surface area contributed by atoms with Crippen LogP contribution in [0.3, 0.4) is 0 Å². The SMILES string of the molecule is CCOc1ccc(N2CC=C[C@H]3O[C@]45C=CCN(c6ccccc6Cl)C(=O)C4N(CCCCCO)C(=O)[C@@H]5[C@H]3C2=O)cc1. The maximum Gasteiger partial charge on any atom is 0.253 e. The molecule has 5 atom stereocenters. The Kier molecular flexibility index (Phi) is 8.31. The van der Waals surface area contributed by atoms with Gasteiger partial charge in [-0.05, 0) is 62.6 Å². The van der Waals surface area contributed by atoms with Crippen molar-refractivity contribution < 1.29 is 29.0 Å². The smallest absolute Gasteiger partial charge is 0.253 e. The first-order valence-corrected chi connectivity index (χ1v) is 15.3. The Hall–Kier alpha value is -3.66. The van der Waals surface area contributed by atoms with E-state index in [9.17, 15) is 19.5 Å². The summed E-state index contributed by atoms with van der Waals surface area (Å²) in [6, 6.07) is 13.5. The minimum Gasteiger partial charge on any atom is -0.494 e. The minimum absolute atomic E-state index is 0.0565. The van der Waals surface area contributed by atoms with Gasteiger partial charge in [-0.2, -0.15) is 0 Å². The third kappa shape index (κ3) is 5.03. The Balaban J connectivity index is 1.38. The van der Waals surface area contributed by atoms with Crippen molar-refractivity contribution in [3.63, 3.8) is 0 Å². The van der Waals surface area contributed by atoms with Gasteiger partial charge in [-0.3, -0.25) is 14.4 Å². The highest BCUT2D eigenvalue weighted by atomic mass is 35.5. The number of amides is 3. The summed E-state index contributed by atoms with van der Waals surface area (Å²) < 4.78 is 12.3. The lowest BCUT2D eigenvalue weighted by molar-refractivity contribution is -0.140. The highest BCUT2D eigenvalue weighted by Crippen LogP contribution is 2.54. The number of rotatable bonds is 9. The predicted octanol–water partition coefficient (Wildman–Crippen LogP) is 3.99. The lowest BCUT2D eigenvalue weighted by Gasteiger charge is -2.35. The normalized spacial score (nSPS) is 28.1. The summed E-state index contributed by atoms with van der Waals surface area (Å²) in [4.78, 5) is 48.1. The van der Waals surface area contributed by atoms with Crippen molar-refractivity contribution in [1.29, 1.82) is 0 Å². The monoisotopic (exact) mass is 605 g/mol. The summed E-state index contributed by atoms with van der Waals surface area (Å²) in [5, 5.41) is 9.73. The van der Waals surface area contributed by atoms with Gasteiger partial charge in [-0.15, -0.1) is 0 Å². The lowest BCUT2D eigenvalue weighted by atomic mass is 9.77. The molecule has 4 aliphatic rings. The van der Waals surface area contributed by atoms with Crippen LogP contribution in [0.5, 0.6) is 5.75 Å². The van der Waals surface area contributed by atoms with E-state index in [0.29, 0.717) is 61.1 Å². The fraction of sp³-hybridized carbons (Fsp3) is 0.424. The molecule has 3 amide bonds. The van der Waals surface area contributed by atoms with Gasteiger partial charge in [0.1, 0.15) is 17.4 Å². The summed E-state index contributed by atoms with van der Waals surface area (Å²) in [5.41, 5.74) is -0.0741.